The molecule has 1 aliphatic heterocycles. The van der Waals surface area contributed by atoms with Crippen molar-refractivity contribution in [1.29, 1.82) is 0 Å². The van der Waals surface area contributed by atoms with Crippen molar-refractivity contribution in [2.75, 3.05) is 32.2 Å². The molecule has 0 aliphatic carbocycles. The molecule has 2 unspecified atom stereocenters. The normalized spacial score (nSPS) is 22.3. The topological polar surface area (TPSA) is 37.4 Å². The average Bonchev–Trinajstić information content (AvgIpc) is 2.97. The number of hydrogen-bond acceptors (Lipinski definition) is 5. The van der Waals surface area contributed by atoms with E-state index in [9.17, 15) is 0 Å². The van der Waals surface area contributed by atoms with Gasteiger partial charge in [0.15, 0.2) is 5.13 Å². The predicted molar refractivity (Wildman–Crippen MR) is 67.2 cm³/mol. The number of nitrogens with zero attached hydrogens (tertiary/aromatic N) is 2. The zero-order valence-electron chi connectivity index (χ0n) is 10.1. The summed E-state index contributed by atoms with van der Waals surface area (Å²) in [6.07, 6.45) is 3.07. The van der Waals surface area contributed by atoms with Crippen LogP contribution in [-0.2, 0) is 4.74 Å². The maximum Gasteiger partial charge on any atom is 0.185 e. The van der Waals surface area contributed by atoms with Crippen LogP contribution >= 0.6 is 11.3 Å². The smallest absolute Gasteiger partial charge is 0.185 e. The molecular formula is C11H19N3OS. The summed E-state index contributed by atoms with van der Waals surface area (Å²) in [6.45, 7) is 3.85. The molecule has 1 aliphatic rings. The van der Waals surface area contributed by atoms with Gasteiger partial charge in [-0.3, -0.25) is 0 Å². The molecule has 0 amide bonds. The molecule has 0 spiro atoms. The third-order valence-corrected chi connectivity index (χ3v) is 4.40. The first-order chi connectivity index (χ1) is 7.72. The molecule has 2 rings (SSSR count). The minimum Gasteiger partial charge on any atom is -0.379 e. The molecule has 1 aromatic heterocycles. The van der Waals surface area contributed by atoms with E-state index >= 15 is 0 Å². The van der Waals surface area contributed by atoms with Gasteiger partial charge in [-0.25, -0.2) is 4.98 Å². The summed E-state index contributed by atoms with van der Waals surface area (Å²) in [7, 11) is 4.07. The number of hydrogen-bond donors (Lipinski definition) is 1. The summed E-state index contributed by atoms with van der Waals surface area (Å²) in [5, 5.41) is 4.32. The van der Waals surface area contributed by atoms with Gasteiger partial charge in [0.05, 0.1) is 12.6 Å². The summed E-state index contributed by atoms with van der Waals surface area (Å²) < 4.78 is 5.40. The Morgan fingerprint density at radius 1 is 1.69 bits per heavy atom. The van der Waals surface area contributed by atoms with Gasteiger partial charge in [-0.2, -0.15) is 0 Å². The van der Waals surface area contributed by atoms with Crippen molar-refractivity contribution >= 4 is 16.5 Å². The van der Waals surface area contributed by atoms with Gasteiger partial charge >= 0.3 is 0 Å². The van der Waals surface area contributed by atoms with Crippen molar-refractivity contribution in [1.82, 2.24) is 10.3 Å². The van der Waals surface area contributed by atoms with Crippen molar-refractivity contribution in [3.63, 3.8) is 0 Å². The highest BCUT2D eigenvalue weighted by Crippen LogP contribution is 2.28. The summed E-state index contributed by atoms with van der Waals surface area (Å²) in [6, 6.07) is 0.864. The number of aromatic nitrogens is 1. The highest BCUT2D eigenvalue weighted by Gasteiger charge is 2.22. The fraction of sp³-hybridized carbons (Fsp3) is 0.727. The Kier molecular flexibility index (Phi) is 3.78. The molecule has 90 valence electrons. The molecule has 0 bridgehead atoms. The molecule has 16 heavy (non-hydrogen) atoms. The maximum absolute atomic E-state index is 5.40. The minimum atomic E-state index is 0.375. The minimum absolute atomic E-state index is 0.375. The van der Waals surface area contributed by atoms with Gasteiger partial charge in [0.2, 0.25) is 0 Å². The number of rotatable bonds is 4. The van der Waals surface area contributed by atoms with E-state index in [1.807, 2.05) is 13.2 Å². The fourth-order valence-electron chi connectivity index (χ4n) is 1.77. The number of thiazole rings is 1. The summed E-state index contributed by atoms with van der Waals surface area (Å²) in [5.41, 5.74) is 0. The first-order valence-electron chi connectivity index (χ1n) is 5.66. The van der Waals surface area contributed by atoms with E-state index in [-0.39, 0.29) is 0 Å². The van der Waals surface area contributed by atoms with Crippen molar-refractivity contribution in [2.24, 2.45) is 0 Å². The zero-order valence-corrected chi connectivity index (χ0v) is 10.9. The molecule has 4 nitrogen and oxygen atoms in total. The van der Waals surface area contributed by atoms with E-state index in [0.29, 0.717) is 12.1 Å². The third-order valence-electron chi connectivity index (χ3n) is 3.13. The van der Waals surface area contributed by atoms with Gasteiger partial charge in [0.1, 0.15) is 0 Å². The lowest BCUT2D eigenvalue weighted by Crippen LogP contribution is -2.31. The highest BCUT2D eigenvalue weighted by atomic mass is 32.1. The first kappa shape index (κ1) is 11.8. The van der Waals surface area contributed by atoms with Crippen LogP contribution in [0.4, 0.5) is 5.13 Å². The molecule has 1 N–H and O–H groups in total. The lowest BCUT2D eigenvalue weighted by atomic mass is 10.2. The van der Waals surface area contributed by atoms with Crippen molar-refractivity contribution in [3.05, 3.63) is 11.1 Å². The molecule has 2 atom stereocenters. The third kappa shape index (κ3) is 2.36. The van der Waals surface area contributed by atoms with Crippen LogP contribution in [0.15, 0.2) is 6.20 Å². The fourth-order valence-corrected chi connectivity index (χ4v) is 2.78. The number of likely N-dealkylation sites (N-methyl/N-ethyl adjacent to an activating group) is 1. The van der Waals surface area contributed by atoms with Crippen molar-refractivity contribution < 1.29 is 4.74 Å². The Balaban J connectivity index is 2.05. The predicted octanol–water partition coefficient (Wildman–Crippen LogP) is 1.65. The molecule has 2 heterocycles. The van der Waals surface area contributed by atoms with Crippen LogP contribution in [0.2, 0.25) is 0 Å². The van der Waals surface area contributed by atoms with Crippen LogP contribution in [0.3, 0.4) is 0 Å². The Morgan fingerprint density at radius 2 is 2.50 bits per heavy atom. The Hall–Kier alpha value is -0.650. The van der Waals surface area contributed by atoms with Crippen LogP contribution in [0, 0.1) is 0 Å². The van der Waals surface area contributed by atoms with Crippen LogP contribution < -0.4 is 10.2 Å². The molecule has 1 saturated heterocycles. The van der Waals surface area contributed by atoms with Gasteiger partial charge in [0.25, 0.3) is 0 Å². The Labute approximate surface area is 101 Å². The van der Waals surface area contributed by atoms with Gasteiger partial charge < -0.3 is 15.0 Å². The summed E-state index contributed by atoms with van der Waals surface area (Å²) in [5.74, 6) is 0. The van der Waals surface area contributed by atoms with E-state index < -0.39 is 0 Å². The Bertz CT molecular complexity index is 336. The van der Waals surface area contributed by atoms with Crippen LogP contribution in [-0.4, -0.2) is 38.3 Å². The van der Waals surface area contributed by atoms with E-state index in [1.165, 1.54) is 4.88 Å². The second-order valence-electron chi connectivity index (χ2n) is 4.18. The zero-order chi connectivity index (χ0) is 11.5. The lowest BCUT2D eigenvalue weighted by Gasteiger charge is -2.22. The maximum atomic E-state index is 5.40. The van der Waals surface area contributed by atoms with E-state index in [0.717, 1.165) is 24.8 Å². The molecule has 5 heteroatoms. The van der Waals surface area contributed by atoms with Gasteiger partial charge in [-0.1, -0.05) is 0 Å². The van der Waals surface area contributed by atoms with Crippen molar-refractivity contribution in [3.8, 4) is 0 Å². The molecule has 0 aromatic carbocycles. The van der Waals surface area contributed by atoms with E-state index in [4.69, 9.17) is 4.74 Å². The Morgan fingerprint density at radius 3 is 3.12 bits per heavy atom. The first-order valence-corrected chi connectivity index (χ1v) is 6.47. The second kappa shape index (κ2) is 5.12. The quantitative estimate of drug-likeness (QED) is 0.870. The SMILES string of the molecule is CNC(C)c1cnc(N(C)C2CCOC2)s1. The summed E-state index contributed by atoms with van der Waals surface area (Å²) in [4.78, 5) is 8.00. The van der Waals surface area contributed by atoms with Crippen LogP contribution in [0.5, 0.6) is 0 Å². The average molecular weight is 241 g/mol. The lowest BCUT2D eigenvalue weighted by molar-refractivity contribution is 0.193. The standard InChI is InChI=1S/C11H19N3OS/c1-8(12-2)10-6-13-11(16-10)14(3)9-4-5-15-7-9/h6,8-9,12H,4-5,7H2,1-3H3. The number of anilines is 1. The molecule has 1 aromatic rings. The summed E-state index contributed by atoms with van der Waals surface area (Å²) >= 11 is 1.76. The van der Waals surface area contributed by atoms with Gasteiger partial charge in [-0.05, 0) is 20.4 Å². The molecule has 0 saturated carbocycles. The van der Waals surface area contributed by atoms with E-state index in [2.05, 4.69) is 29.2 Å². The van der Waals surface area contributed by atoms with Crippen LogP contribution in [0.1, 0.15) is 24.3 Å². The monoisotopic (exact) mass is 241 g/mol. The van der Waals surface area contributed by atoms with Crippen molar-refractivity contribution in [2.45, 2.75) is 25.4 Å². The molecule has 0 radical (unpaired) electrons. The number of ether oxygens (including phenoxy) is 1. The van der Waals surface area contributed by atoms with Crippen LogP contribution in [0.25, 0.3) is 0 Å². The molecular weight excluding hydrogens is 222 g/mol. The highest BCUT2D eigenvalue weighted by molar-refractivity contribution is 7.15. The largest absolute Gasteiger partial charge is 0.379 e. The number of nitrogens with one attached hydrogen (secondary N) is 1. The molecule has 1 fully saturated rings. The van der Waals surface area contributed by atoms with E-state index in [1.54, 1.807) is 11.3 Å². The van der Waals surface area contributed by atoms with Gasteiger partial charge in [0, 0.05) is 30.8 Å². The second-order valence-corrected chi connectivity index (χ2v) is 5.22. The van der Waals surface area contributed by atoms with Gasteiger partial charge in [-0.15, -0.1) is 11.3 Å².